The van der Waals surface area contributed by atoms with E-state index in [1.165, 1.54) is 0 Å². The van der Waals surface area contributed by atoms with E-state index in [0.717, 1.165) is 11.3 Å². The predicted molar refractivity (Wildman–Crippen MR) is 72.9 cm³/mol. The van der Waals surface area contributed by atoms with Gasteiger partial charge in [-0.2, -0.15) is 0 Å². The molecule has 0 saturated carbocycles. The van der Waals surface area contributed by atoms with Crippen molar-refractivity contribution < 1.29 is 9.47 Å². The Hall–Kier alpha value is -2.16. The largest absolute Gasteiger partial charge is 0.495 e. The Morgan fingerprint density at radius 1 is 1.06 bits per heavy atom. The first-order valence-electron chi connectivity index (χ1n) is 5.86. The average Bonchev–Trinajstić information content (AvgIpc) is 2.39. The van der Waals surface area contributed by atoms with Crippen LogP contribution in [0, 0.1) is 0 Å². The molecule has 0 heterocycles. The summed E-state index contributed by atoms with van der Waals surface area (Å²) < 4.78 is 11.0. The van der Waals surface area contributed by atoms with Gasteiger partial charge in [0, 0.05) is 0 Å². The number of ether oxygens (including phenoxy) is 2. The van der Waals surface area contributed by atoms with Gasteiger partial charge >= 0.3 is 0 Å². The monoisotopic (exact) mass is 243 g/mol. The van der Waals surface area contributed by atoms with Crippen LogP contribution in [0.25, 0.3) is 0 Å². The number of nitrogen functional groups attached to an aromatic ring is 1. The second-order valence-corrected chi connectivity index (χ2v) is 4.07. The molecule has 2 aromatic carbocycles. The van der Waals surface area contributed by atoms with E-state index >= 15 is 0 Å². The van der Waals surface area contributed by atoms with Crippen LogP contribution in [-0.4, -0.2) is 7.11 Å². The minimum absolute atomic E-state index is 0.0550. The van der Waals surface area contributed by atoms with Gasteiger partial charge < -0.3 is 15.2 Å². The summed E-state index contributed by atoms with van der Waals surface area (Å²) in [6, 6.07) is 15.4. The average molecular weight is 243 g/mol. The van der Waals surface area contributed by atoms with Gasteiger partial charge in [0.15, 0.2) is 0 Å². The maximum absolute atomic E-state index is 5.88. The van der Waals surface area contributed by atoms with Crippen LogP contribution in [0.3, 0.4) is 0 Å². The molecule has 0 bridgehead atoms. The van der Waals surface area contributed by atoms with Gasteiger partial charge in [0.25, 0.3) is 0 Å². The van der Waals surface area contributed by atoms with E-state index in [-0.39, 0.29) is 6.10 Å². The summed E-state index contributed by atoms with van der Waals surface area (Å²) in [5.41, 5.74) is 7.53. The third-order valence-corrected chi connectivity index (χ3v) is 2.78. The van der Waals surface area contributed by atoms with E-state index < -0.39 is 0 Å². The van der Waals surface area contributed by atoms with Gasteiger partial charge in [0.2, 0.25) is 0 Å². The lowest BCUT2D eigenvalue weighted by molar-refractivity contribution is 0.227. The first-order chi connectivity index (χ1) is 8.70. The zero-order valence-corrected chi connectivity index (χ0v) is 10.6. The van der Waals surface area contributed by atoms with Crippen molar-refractivity contribution in [2.45, 2.75) is 13.0 Å². The molecule has 94 valence electrons. The molecule has 3 heteroatoms. The van der Waals surface area contributed by atoms with Crippen LogP contribution in [0.5, 0.6) is 11.5 Å². The minimum Gasteiger partial charge on any atom is -0.495 e. The molecule has 0 aromatic heterocycles. The molecule has 0 fully saturated rings. The Balaban J connectivity index is 2.14. The van der Waals surface area contributed by atoms with Crippen molar-refractivity contribution in [3.63, 3.8) is 0 Å². The van der Waals surface area contributed by atoms with Crippen molar-refractivity contribution in [1.29, 1.82) is 0 Å². The molecule has 2 N–H and O–H groups in total. The second-order valence-electron chi connectivity index (χ2n) is 4.07. The Bertz CT molecular complexity index is 511. The van der Waals surface area contributed by atoms with Gasteiger partial charge in [-0.3, -0.25) is 0 Å². The standard InChI is InChI=1S/C15H17NO2/c1-11(18-13-6-4-3-5-7-13)12-8-9-15(17-2)14(16)10-12/h3-11H,16H2,1-2H3. The second kappa shape index (κ2) is 5.45. The van der Waals surface area contributed by atoms with Crippen molar-refractivity contribution in [3.8, 4) is 11.5 Å². The SMILES string of the molecule is COc1ccc(C(C)Oc2ccccc2)cc1N. The summed E-state index contributed by atoms with van der Waals surface area (Å²) in [5, 5.41) is 0. The predicted octanol–water partition coefficient (Wildman–Crippen LogP) is 3.42. The number of rotatable bonds is 4. The van der Waals surface area contributed by atoms with Gasteiger partial charge in [0.1, 0.15) is 17.6 Å². The maximum atomic E-state index is 5.88. The Kier molecular flexibility index (Phi) is 3.72. The highest BCUT2D eigenvalue weighted by atomic mass is 16.5. The van der Waals surface area contributed by atoms with Crippen LogP contribution in [0.4, 0.5) is 5.69 Å². The van der Waals surface area contributed by atoms with E-state index in [1.54, 1.807) is 7.11 Å². The van der Waals surface area contributed by atoms with Gasteiger partial charge in [-0.15, -0.1) is 0 Å². The quantitative estimate of drug-likeness (QED) is 0.837. The van der Waals surface area contributed by atoms with E-state index in [4.69, 9.17) is 15.2 Å². The zero-order valence-electron chi connectivity index (χ0n) is 10.6. The molecule has 0 amide bonds. The molecule has 0 spiro atoms. The number of benzene rings is 2. The van der Waals surface area contributed by atoms with Crippen molar-refractivity contribution in [2.24, 2.45) is 0 Å². The fourth-order valence-corrected chi connectivity index (χ4v) is 1.78. The molecule has 0 saturated heterocycles. The third-order valence-electron chi connectivity index (χ3n) is 2.78. The van der Waals surface area contributed by atoms with Gasteiger partial charge in [-0.25, -0.2) is 0 Å². The number of hydrogen-bond donors (Lipinski definition) is 1. The minimum atomic E-state index is -0.0550. The molecule has 1 atom stereocenters. The summed E-state index contributed by atoms with van der Waals surface area (Å²) in [5.74, 6) is 1.53. The van der Waals surface area contributed by atoms with Crippen LogP contribution >= 0.6 is 0 Å². The van der Waals surface area contributed by atoms with Crippen LogP contribution < -0.4 is 15.2 Å². The molecule has 1 unspecified atom stereocenters. The number of para-hydroxylation sites is 1. The van der Waals surface area contributed by atoms with Crippen molar-refractivity contribution in [1.82, 2.24) is 0 Å². The maximum Gasteiger partial charge on any atom is 0.141 e. The van der Waals surface area contributed by atoms with Crippen LogP contribution in [0.15, 0.2) is 48.5 Å². The summed E-state index contributed by atoms with van der Waals surface area (Å²) in [6.07, 6.45) is -0.0550. The highest BCUT2D eigenvalue weighted by Crippen LogP contribution is 2.27. The Morgan fingerprint density at radius 3 is 2.39 bits per heavy atom. The molecular formula is C15H17NO2. The highest BCUT2D eigenvalue weighted by Gasteiger charge is 2.09. The Morgan fingerprint density at radius 2 is 1.78 bits per heavy atom. The van der Waals surface area contributed by atoms with Crippen molar-refractivity contribution >= 4 is 5.69 Å². The van der Waals surface area contributed by atoms with Crippen molar-refractivity contribution in [3.05, 3.63) is 54.1 Å². The van der Waals surface area contributed by atoms with E-state index in [1.807, 2.05) is 55.5 Å². The van der Waals surface area contributed by atoms with Gasteiger partial charge in [-0.1, -0.05) is 24.3 Å². The lowest BCUT2D eigenvalue weighted by atomic mass is 10.1. The first kappa shape index (κ1) is 12.3. The zero-order chi connectivity index (χ0) is 13.0. The van der Waals surface area contributed by atoms with Gasteiger partial charge in [-0.05, 0) is 36.8 Å². The molecule has 2 aromatic rings. The number of hydrogen-bond acceptors (Lipinski definition) is 3. The smallest absolute Gasteiger partial charge is 0.141 e. The molecule has 0 aliphatic carbocycles. The lowest BCUT2D eigenvalue weighted by Gasteiger charge is -2.16. The summed E-state index contributed by atoms with van der Waals surface area (Å²) in [7, 11) is 1.61. The van der Waals surface area contributed by atoms with Crippen LogP contribution in [-0.2, 0) is 0 Å². The fraction of sp³-hybridized carbons (Fsp3) is 0.200. The van der Waals surface area contributed by atoms with Crippen LogP contribution in [0.2, 0.25) is 0 Å². The number of methoxy groups -OCH3 is 1. The summed E-state index contributed by atoms with van der Waals surface area (Å²) >= 11 is 0. The first-order valence-corrected chi connectivity index (χ1v) is 5.86. The summed E-state index contributed by atoms with van der Waals surface area (Å²) in [6.45, 7) is 1.99. The molecule has 3 nitrogen and oxygen atoms in total. The van der Waals surface area contributed by atoms with E-state index in [0.29, 0.717) is 11.4 Å². The lowest BCUT2D eigenvalue weighted by Crippen LogP contribution is -2.04. The highest BCUT2D eigenvalue weighted by molar-refractivity contribution is 5.54. The molecule has 18 heavy (non-hydrogen) atoms. The van der Waals surface area contributed by atoms with Crippen molar-refractivity contribution in [2.75, 3.05) is 12.8 Å². The third kappa shape index (κ3) is 2.74. The molecule has 2 rings (SSSR count). The van der Waals surface area contributed by atoms with Gasteiger partial charge in [0.05, 0.1) is 12.8 Å². The molecule has 0 radical (unpaired) electrons. The number of anilines is 1. The normalized spacial score (nSPS) is 11.9. The fourth-order valence-electron chi connectivity index (χ4n) is 1.78. The summed E-state index contributed by atoms with van der Waals surface area (Å²) in [4.78, 5) is 0. The molecule has 0 aliphatic heterocycles. The van der Waals surface area contributed by atoms with Crippen LogP contribution in [0.1, 0.15) is 18.6 Å². The van der Waals surface area contributed by atoms with E-state index in [2.05, 4.69) is 0 Å². The van der Waals surface area contributed by atoms with E-state index in [9.17, 15) is 0 Å². The number of nitrogens with two attached hydrogens (primary N) is 1. The molecular weight excluding hydrogens is 226 g/mol. The Labute approximate surface area is 107 Å². The topological polar surface area (TPSA) is 44.5 Å². The molecule has 0 aliphatic rings.